The van der Waals surface area contributed by atoms with Gasteiger partial charge in [-0.2, -0.15) is 0 Å². The van der Waals surface area contributed by atoms with Gasteiger partial charge < -0.3 is 10.6 Å². The first-order chi connectivity index (χ1) is 7.48. The molecule has 1 fully saturated rings. The van der Waals surface area contributed by atoms with E-state index in [1.165, 1.54) is 24.1 Å². The quantitative estimate of drug-likeness (QED) is 0.733. The Labute approximate surface area is 98.4 Å². The Hall–Kier alpha value is -1.18. The molecule has 0 spiro atoms. The summed E-state index contributed by atoms with van der Waals surface area (Å²) in [6, 6.07) is 6.20. The van der Waals surface area contributed by atoms with E-state index >= 15 is 0 Å². The maximum Gasteiger partial charge on any atom is 0.0416 e. The molecule has 0 amide bonds. The lowest BCUT2D eigenvalue weighted by Gasteiger charge is -2.38. The smallest absolute Gasteiger partial charge is 0.0416 e. The van der Waals surface area contributed by atoms with Gasteiger partial charge in [-0.15, -0.1) is 0 Å². The number of nitrogen functional groups attached to an aromatic ring is 1. The number of nitrogens with zero attached hydrogens (tertiary/aromatic N) is 1. The lowest BCUT2D eigenvalue weighted by Crippen LogP contribution is -2.37. The molecule has 0 bridgehead atoms. The first-order valence-electron chi connectivity index (χ1n) is 6.09. The highest BCUT2D eigenvalue weighted by Gasteiger charge is 2.25. The van der Waals surface area contributed by atoms with Gasteiger partial charge in [0.15, 0.2) is 0 Å². The van der Waals surface area contributed by atoms with Crippen LogP contribution in [0.2, 0.25) is 0 Å². The molecule has 0 radical (unpaired) electrons. The highest BCUT2D eigenvalue weighted by atomic mass is 15.1. The van der Waals surface area contributed by atoms with Crippen LogP contribution in [0.4, 0.5) is 11.4 Å². The molecule has 1 aromatic carbocycles. The van der Waals surface area contributed by atoms with Crippen molar-refractivity contribution in [3.8, 4) is 0 Å². The molecule has 2 heteroatoms. The number of piperidine rings is 1. The molecule has 16 heavy (non-hydrogen) atoms. The first kappa shape index (κ1) is 11.3. The summed E-state index contributed by atoms with van der Waals surface area (Å²) in [5.74, 6) is 0. The monoisotopic (exact) mass is 218 g/mol. The average Bonchev–Trinajstić information content (AvgIpc) is 2.22. The number of anilines is 2. The van der Waals surface area contributed by atoms with Crippen LogP contribution >= 0.6 is 0 Å². The highest BCUT2D eigenvalue weighted by Crippen LogP contribution is 2.33. The van der Waals surface area contributed by atoms with Crippen LogP contribution in [0.15, 0.2) is 18.2 Å². The molecule has 0 aliphatic carbocycles. The maximum absolute atomic E-state index is 5.86. The number of hydrogen-bond acceptors (Lipinski definition) is 2. The minimum Gasteiger partial charge on any atom is -0.399 e. The molecule has 88 valence electrons. The van der Waals surface area contributed by atoms with Crippen LogP contribution in [-0.2, 0) is 0 Å². The fourth-order valence-corrected chi connectivity index (χ4v) is 2.32. The Morgan fingerprint density at radius 1 is 1.19 bits per heavy atom. The minimum absolute atomic E-state index is 0.505. The van der Waals surface area contributed by atoms with E-state index in [0.717, 1.165) is 18.8 Å². The van der Waals surface area contributed by atoms with Crippen molar-refractivity contribution in [3.05, 3.63) is 23.8 Å². The summed E-state index contributed by atoms with van der Waals surface area (Å²) < 4.78 is 0. The summed E-state index contributed by atoms with van der Waals surface area (Å²) in [6.07, 6.45) is 2.53. The van der Waals surface area contributed by atoms with Crippen LogP contribution in [0, 0.1) is 12.3 Å². The molecule has 1 saturated heterocycles. The molecule has 2 rings (SSSR count). The summed E-state index contributed by atoms with van der Waals surface area (Å²) in [5, 5.41) is 0. The van der Waals surface area contributed by atoms with E-state index in [0.29, 0.717) is 5.41 Å². The van der Waals surface area contributed by atoms with E-state index in [1.807, 2.05) is 6.07 Å². The van der Waals surface area contributed by atoms with Crippen molar-refractivity contribution >= 4 is 11.4 Å². The van der Waals surface area contributed by atoms with Crippen molar-refractivity contribution in [1.82, 2.24) is 0 Å². The summed E-state index contributed by atoms with van der Waals surface area (Å²) in [5.41, 5.74) is 9.87. The van der Waals surface area contributed by atoms with Gasteiger partial charge in [-0.05, 0) is 42.9 Å². The van der Waals surface area contributed by atoms with Crippen molar-refractivity contribution in [2.24, 2.45) is 5.41 Å². The van der Waals surface area contributed by atoms with E-state index in [4.69, 9.17) is 5.73 Å². The number of benzene rings is 1. The fraction of sp³-hybridized carbons (Fsp3) is 0.571. The van der Waals surface area contributed by atoms with Gasteiger partial charge in [-0.25, -0.2) is 0 Å². The Kier molecular flexibility index (Phi) is 2.83. The molecule has 0 unspecified atom stereocenters. The molecular formula is C14H22N2. The zero-order valence-electron chi connectivity index (χ0n) is 10.6. The molecule has 1 aromatic rings. The van der Waals surface area contributed by atoms with Gasteiger partial charge in [0, 0.05) is 24.5 Å². The SMILES string of the molecule is Cc1ccc(N)cc1N1CCC(C)(C)CC1. The summed E-state index contributed by atoms with van der Waals surface area (Å²) in [7, 11) is 0. The normalized spacial score (nSPS) is 19.8. The van der Waals surface area contributed by atoms with Gasteiger partial charge >= 0.3 is 0 Å². The summed E-state index contributed by atoms with van der Waals surface area (Å²) in [6.45, 7) is 9.18. The average molecular weight is 218 g/mol. The van der Waals surface area contributed by atoms with Crippen molar-refractivity contribution in [3.63, 3.8) is 0 Å². The second kappa shape index (κ2) is 4.00. The van der Waals surface area contributed by atoms with Crippen molar-refractivity contribution in [1.29, 1.82) is 0 Å². The zero-order chi connectivity index (χ0) is 11.8. The second-order valence-corrected chi connectivity index (χ2v) is 5.70. The lowest BCUT2D eigenvalue weighted by atomic mass is 9.82. The standard InChI is InChI=1S/C14H22N2/c1-11-4-5-12(15)10-13(11)16-8-6-14(2,3)7-9-16/h4-5,10H,6-9,15H2,1-3H3. The van der Waals surface area contributed by atoms with Crippen molar-refractivity contribution in [2.75, 3.05) is 23.7 Å². The third kappa shape index (κ3) is 2.31. The second-order valence-electron chi connectivity index (χ2n) is 5.70. The molecule has 1 aliphatic rings. The lowest BCUT2D eigenvalue weighted by molar-refractivity contribution is 0.279. The van der Waals surface area contributed by atoms with Crippen molar-refractivity contribution in [2.45, 2.75) is 33.6 Å². The van der Waals surface area contributed by atoms with Crippen LogP contribution in [0.3, 0.4) is 0 Å². The Morgan fingerprint density at radius 2 is 1.81 bits per heavy atom. The molecular weight excluding hydrogens is 196 g/mol. The van der Waals surface area contributed by atoms with Crippen LogP contribution in [-0.4, -0.2) is 13.1 Å². The van der Waals surface area contributed by atoms with Crippen molar-refractivity contribution < 1.29 is 0 Å². The molecule has 2 nitrogen and oxygen atoms in total. The fourth-order valence-electron chi connectivity index (χ4n) is 2.32. The topological polar surface area (TPSA) is 29.3 Å². The van der Waals surface area contributed by atoms with E-state index in [2.05, 4.69) is 37.8 Å². The molecule has 0 atom stereocenters. The predicted octanol–water partition coefficient (Wildman–Crippen LogP) is 3.20. The van der Waals surface area contributed by atoms with Gasteiger partial charge in [0.2, 0.25) is 0 Å². The third-order valence-corrected chi connectivity index (χ3v) is 3.69. The van der Waals surface area contributed by atoms with Gasteiger partial charge in [-0.1, -0.05) is 19.9 Å². The van der Waals surface area contributed by atoms with Gasteiger partial charge in [0.05, 0.1) is 0 Å². The number of rotatable bonds is 1. The molecule has 0 aromatic heterocycles. The molecule has 2 N–H and O–H groups in total. The van der Waals surface area contributed by atoms with Gasteiger partial charge in [0.1, 0.15) is 0 Å². The molecule has 1 aliphatic heterocycles. The van der Waals surface area contributed by atoms with Gasteiger partial charge in [0.25, 0.3) is 0 Å². The molecule has 0 saturated carbocycles. The number of aryl methyl sites for hydroxylation is 1. The van der Waals surface area contributed by atoms with E-state index < -0.39 is 0 Å². The Morgan fingerprint density at radius 3 is 2.44 bits per heavy atom. The Bertz CT molecular complexity index is 372. The minimum atomic E-state index is 0.505. The number of nitrogens with two attached hydrogens (primary N) is 1. The van der Waals surface area contributed by atoms with E-state index in [-0.39, 0.29) is 0 Å². The van der Waals surface area contributed by atoms with E-state index in [9.17, 15) is 0 Å². The summed E-state index contributed by atoms with van der Waals surface area (Å²) >= 11 is 0. The zero-order valence-corrected chi connectivity index (χ0v) is 10.6. The van der Waals surface area contributed by atoms with Crippen LogP contribution < -0.4 is 10.6 Å². The largest absolute Gasteiger partial charge is 0.399 e. The molecule has 1 heterocycles. The third-order valence-electron chi connectivity index (χ3n) is 3.69. The van der Waals surface area contributed by atoms with Crippen LogP contribution in [0.25, 0.3) is 0 Å². The first-order valence-corrected chi connectivity index (χ1v) is 6.09. The van der Waals surface area contributed by atoms with Gasteiger partial charge in [-0.3, -0.25) is 0 Å². The predicted molar refractivity (Wildman–Crippen MR) is 70.8 cm³/mol. The maximum atomic E-state index is 5.86. The highest BCUT2D eigenvalue weighted by molar-refractivity contribution is 5.61. The van der Waals surface area contributed by atoms with Crippen LogP contribution in [0.5, 0.6) is 0 Å². The summed E-state index contributed by atoms with van der Waals surface area (Å²) in [4.78, 5) is 2.47. The number of hydrogen-bond donors (Lipinski definition) is 1. The van der Waals surface area contributed by atoms with Crippen LogP contribution in [0.1, 0.15) is 32.3 Å². The Balaban J connectivity index is 2.17. The van der Waals surface area contributed by atoms with E-state index in [1.54, 1.807) is 0 Å².